The van der Waals surface area contributed by atoms with Crippen molar-refractivity contribution in [2.45, 2.75) is 19.1 Å². The van der Waals surface area contributed by atoms with Gasteiger partial charge in [-0.3, -0.25) is 0 Å². The molecule has 0 amide bonds. The van der Waals surface area contributed by atoms with Crippen LogP contribution in [0.1, 0.15) is 23.7 Å². The van der Waals surface area contributed by atoms with Crippen LogP contribution in [-0.4, -0.2) is 32.0 Å². The monoisotopic (exact) mass is 329 g/mol. The first kappa shape index (κ1) is 16.6. The van der Waals surface area contributed by atoms with Crippen LogP contribution >= 0.6 is 0 Å². The normalized spacial score (nSPS) is 14.8. The molecule has 1 aliphatic heterocycles. The van der Waals surface area contributed by atoms with Gasteiger partial charge < -0.3 is 24.6 Å². The Morgan fingerprint density at radius 1 is 1.12 bits per heavy atom. The van der Waals surface area contributed by atoms with Gasteiger partial charge in [-0.1, -0.05) is 24.3 Å². The third kappa shape index (κ3) is 3.99. The van der Waals surface area contributed by atoms with E-state index in [1.54, 1.807) is 7.11 Å². The number of aliphatic hydroxyl groups is 1. The van der Waals surface area contributed by atoms with Gasteiger partial charge in [0, 0.05) is 25.1 Å². The van der Waals surface area contributed by atoms with Crippen molar-refractivity contribution in [3.8, 4) is 17.2 Å². The lowest BCUT2D eigenvalue weighted by molar-refractivity contribution is 0.174. The number of aliphatic hydroxyl groups excluding tert-OH is 1. The molecule has 24 heavy (non-hydrogen) atoms. The summed E-state index contributed by atoms with van der Waals surface area (Å²) in [4.78, 5) is 0. The second-order valence-corrected chi connectivity index (χ2v) is 5.71. The molecule has 0 bridgehead atoms. The Morgan fingerprint density at radius 2 is 1.92 bits per heavy atom. The first-order valence-electron chi connectivity index (χ1n) is 8.18. The Bertz CT molecular complexity index is 657. The summed E-state index contributed by atoms with van der Waals surface area (Å²) < 4.78 is 16.6. The van der Waals surface area contributed by atoms with E-state index in [9.17, 15) is 5.11 Å². The maximum atomic E-state index is 10.3. The fourth-order valence-corrected chi connectivity index (χ4v) is 2.68. The molecule has 1 heterocycles. The van der Waals surface area contributed by atoms with Crippen LogP contribution in [0, 0.1) is 0 Å². The van der Waals surface area contributed by atoms with Crippen molar-refractivity contribution in [3.05, 3.63) is 53.6 Å². The summed E-state index contributed by atoms with van der Waals surface area (Å²) in [6, 6.07) is 13.3. The van der Waals surface area contributed by atoms with Gasteiger partial charge in [-0.25, -0.2) is 0 Å². The Labute approximate surface area is 142 Å². The van der Waals surface area contributed by atoms with Crippen molar-refractivity contribution < 1.29 is 19.3 Å². The van der Waals surface area contributed by atoms with Crippen molar-refractivity contribution in [2.24, 2.45) is 0 Å². The molecule has 5 nitrogen and oxygen atoms in total. The van der Waals surface area contributed by atoms with Crippen molar-refractivity contribution in [1.82, 2.24) is 5.32 Å². The largest absolute Gasteiger partial charge is 0.497 e. The van der Waals surface area contributed by atoms with Crippen molar-refractivity contribution in [1.29, 1.82) is 0 Å². The lowest BCUT2D eigenvalue weighted by Crippen LogP contribution is -2.21. The summed E-state index contributed by atoms with van der Waals surface area (Å²) in [6.07, 6.45) is 0.313. The Balaban J connectivity index is 1.58. The van der Waals surface area contributed by atoms with Gasteiger partial charge in [0.1, 0.15) is 5.75 Å². The van der Waals surface area contributed by atoms with Crippen molar-refractivity contribution in [3.63, 3.8) is 0 Å². The highest BCUT2D eigenvalue weighted by Crippen LogP contribution is 2.33. The molecular weight excluding hydrogens is 306 g/mol. The molecule has 128 valence electrons. The highest BCUT2D eigenvalue weighted by atomic mass is 16.5. The van der Waals surface area contributed by atoms with E-state index in [0.717, 1.165) is 34.8 Å². The van der Waals surface area contributed by atoms with E-state index in [0.29, 0.717) is 26.3 Å². The minimum Gasteiger partial charge on any atom is -0.497 e. The fraction of sp³-hybridized carbons (Fsp3) is 0.368. The third-order valence-corrected chi connectivity index (χ3v) is 4.01. The van der Waals surface area contributed by atoms with E-state index in [2.05, 4.69) is 5.32 Å². The standard InChI is InChI=1S/C19H23NO4/c1-22-16-8-6-14(7-9-16)17(21)13-20-12-15-4-2-5-18-19(15)24-11-3-10-23-18/h2,4-9,17,20-21H,3,10-13H2,1H3. The van der Waals surface area contributed by atoms with Gasteiger partial charge in [-0.2, -0.15) is 0 Å². The number of fused-ring (bicyclic) bond motifs is 1. The molecule has 1 unspecified atom stereocenters. The highest BCUT2D eigenvalue weighted by Gasteiger charge is 2.14. The molecule has 0 radical (unpaired) electrons. The topological polar surface area (TPSA) is 60.0 Å². The molecule has 0 saturated carbocycles. The summed E-state index contributed by atoms with van der Waals surface area (Å²) in [7, 11) is 1.63. The van der Waals surface area contributed by atoms with Crippen LogP contribution in [0.3, 0.4) is 0 Å². The van der Waals surface area contributed by atoms with Gasteiger partial charge in [-0.05, 0) is 23.8 Å². The average Bonchev–Trinajstić information content (AvgIpc) is 2.88. The molecule has 0 aliphatic carbocycles. The molecular formula is C19H23NO4. The first-order chi connectivity index (χ1) is 11.8. The summed E-state index contributed by atoms with van der Waals surface area (Å²) >= 11 is 0. The third-order valence-electron chi connectivity index (χ3n) is 4.01. The van der Waals surface area contributed by atoms with E-state index in [1.807, 2.05) is 42.5 Å². The van der Waals surface area contributed by atoms with Crippen LogP contribution in [0.25, 0.3) is 0 Å². The maximum Gasteiger partial charge on any atom is 0.165 e. The Kier molecular flexibility index (Phi) is 5.56. The van der Waals surface area contributed by atoms with Gasteiger partial charge >= 0.3 is 0 Å². The van der Waals surface area contributed by atoms with Gasteiger partial charge in [0.25, 0.3) is 0 Å². The smallest absolute Gasteiger partial charge is 0.165 e. The zero-order chi connectivity index (χ0) is 16.8. The molecule has 0 saturated heterocycles. The second kappa shape index (κ2) is 8.04. The van der Waals surface area contributed by atoms with Crippen LogP contribution in [0.5, 0.6) is 17.2 Å². The highest BCUT2D eigenvalue weighted by molar-refractivity contribution is 5.47. The maximum absolute atomic E-state index is 10.3. The quantitative estimate of drug-likeness (QED) is 0.853. The molecule has 2 N–H and O–H groups in total. The Morgan fingerprint density at radius 3 is 2.71 bits per heavy atom. The van der Waals surface area contributed by atoms with E-state index in [1.165, 1.54) is 0 Å². The van der Waals surface area contributed by atoms with Gasteiger partial charge in [0.05, 0.1) is 26.4 Å². The van der Waals surface area contributed by atoms with Crippen LogP contribution < -0.4 is 19.5 Å². The predicted octanol–water partition coefficient (Wildman–Crippen LogP) is 2.68. The second-order valence-electron chi connectivity index (χ2n) is 5.71. The van der Waals surface area contributed by atoms with E-state index in [-0.39, 0.29) is 0 Å². The summed E-state index contributed by atoms with van der Waals surface area (Å²) in [6.45, 7) is 2.41. The van der Waals surface area contributed by atoms with Gasteiger partial charge in [-0.15, -0.1) is 0 Å². The SMILES string of the molecule is COc1ccc(C(O)CNCc2cccc3c2OCCCO3)cc1. The minimum atomic E-state index is -0.574. The van der Waals surface area contributed by atoms with Gasteiger partial charge in [0.15, 0.2) is 11.5 Å². The predicted molar refractivity (Wildman–Crippen MR) is 91.7 cm³/mol. The molecule has 1 aliphatic rings. The van der Waals surface area contributed by atoms with E-state index < -0.39 is 6.10 Å². The first-order valence-corrected chi connectivity index (χ1v) is 8.18. The number of nitrogens with one attached hydrogen (secondary N) is 1. The number of methoxy groups -OCH3 is 1. The lowest BCUT2D eigenvalue weighted by Gasteiger charge is -2.15. The zero-order valence-electron chi connectivity index (χ0n) is 13.8. The zero-order valence-corrected chi connectivity index (χ0v) is 13.8. The summed E-state index contributed by atoms with van der Waals surface area (Å²) in [5.41, 5.74) is 1.89. The molecule has 2 aromatic rings. The molecule has 3 rings (SSSR count). The van der Waals surface area contributed by atoms with Crippen molar-refractivity contribution in [2.75, 3.05) is 26.9 Å². The van der Waals surface area contributed by atoms with Crippen LogP contribution in [-0.2, 0) is 6.54 Å². The number of para-hydroxylation sites is 1. The van der Waals surface area contributed by atoms with E-state index >= 15 is 0 Å². The number of hydrogen-bond acceptors (Lipinski definition) is 5. The number of benzene rings is 2. The average molecular weight is 329 g/mol. The molecule has 0 spiro atoms. The Hall–Kier alpha value is -2.24. The molecule has 5 heteroatoms. The summed E-state index contributed by atoms with van der Waals surface area (Å²) in [5.74, 6) is 2.38. The number of ether oxygens (including phenoxy) is 3. The molecule has 0 fully saturated rings. The molecule has 0 aromatic heterocycles. The molecule has 2 aromatic carbocycles. The lowest BCUT2D eigenvalue weighted by atomic mass is 10.1. The molecule has 1 atom stereocenters. The number of hydrogen-bond donors (Lipinski definition) is 2. The fourth-order valence-electron chi connectivity index (χ4n) is 2.68. The summed E-state index contributed by atoms with van der Waals surface area (Å²) in [5, 5.41) is 13.6. The van der Waals surface area contributed by atoms with Crippen LogP contribution in [0.4, 0.5) is 0 Å². The number of rotatable bonds is 6. The van der Waals surface area contributed by atoms with Crippen LogP contribution in [0.2, 0.25) is 0 Å². The van der Waals surface area contributed by atoms with E-state index in [4.69, 9.17) is 14.2 Å². The minimum absolute atomic E-state index is 0.455. The van der Waals surface area contributed by atoms with Crippen LogP contribution in [0.15, 0.2) is 42.5 Å². The van der Waals surface area contributed by atoms with Gasteiger partial charge in [0.2, 0.25) is 0 Å². The van der Waals surface area contributed by atoms with Crippen molar-refractivity contribution >= 4 is 0 Å².